The molecule has 8 heteroatoms. The zero-order chi connectivity index (χ0) is 16.5. The number of rotatable bonds is 3. The van der Waals surface area contributed by atoms with Crippen molar-refractivity contribution in [3.8, 4) is 0 Å². The minimum atomic E-state index is -4.48. The average molecular weight is 335 g/mol. The summed E-state index contributed by atoms with van der Waals surface area (Å²) < 4.78 is 61.0. The Labute approximate surface area is 126 Å². The molecule has 1 aromatic rings. The van der Waals surface area contributed by atoms with E-state index in [0.29, 0.717) is 6.42 Å². The summed E-state index contributed by atoms with van der Waals surface area (Å²) in [5.41, 5.74) is -0.662. The summed E-state index contributed by atoms with van der Waals surface area (Å²) >= 11 is 0. The predicted molar refractivity (Wildman–Crippen MR) is 76.2 cm³/mol. The average Bonchev–Trinajstić information content (AvgIpc) is 2.69. The summed E-state index contributed by atoms with van der Waals surface area (Å²) in [5, 5.41) is 2.40. The molecule has 0 spiro atoms. The molecule has 1 aromatic carbocycles. The Morgan fingerprint density at radius 3 is 2.59 bits per heavy atom. The number of nitrogens with one attached hydrogen (secondary N) is 1. The highest BCUT2D eigenvalue weighted by Crippen LogP contribution is 2.33. The van der Waals surface area contributed by atoms with Crippen molar-refractivity contribution in [3.05, 3.63) is 29.3 Å². The van der Waals surface area contributed by atoms with Crippen molar-refractivity contribution in [2.45, 2.75) is 25.9 Å². The Morgan fingerprint density at radius 2 is 2.05 bits per heavy atom. The molecule has 1 aliphatic rings. The Morgan fingerprint density at radius 1 is 1.36 bits per heavy atom. The SMILES string of the molecule is Cc1ccc(NC(=O)CC2CCS(=O)(=O)C2)cc1C(F)(F)F. The van der Waals surface area contributed by atoms with Gasteiger partial charge in [0, 0.05) is 12.1 Å². The fourth-order valence-corrected chi connectivity index (χ4v) is 4.37. The van der Waals surface area contributed by atoms with Gasteiger partial charge >= 0.3 is 6.18 Å². The van der Waals surface area contributed by atoms with Crippen LogP contribution in [0.5, 0.6) is 0 Å². The third-order valence-electron chi connectivity index (χ3n) is 3.63. The topological polar surface area (TPSA) is 63.2 Å². The van der Waals surface area contributed by atoms with Crippen LogP contribution < -0.4 is 5.32 Å². The molecule has 0 radical (unpaired) electrons. The van der Waals surface area contributed by atoms with E-state index in [0.717, 1.165) is 6.07 Å². The lowest BCUT2D eigenvalue weighted by Gasteiger charge is -2.13. The molecule has 0 aromatic heterocycles. The van der Waals surface area contributed by atoms with Crippen molar-refractivity contribution in [3.63, 3.8) is 0 Å². The lowest BCUT2D eigenvalue weighted by Crippen LogP contribution is -2.18. The number of amides is 1. The fourth-order valence-electron chi connectivity index (χ4n) is 2.51. The van der Waals surface area contributed by atoms with E-state index in [1.54, 1.807) is 0 Å². The Balaban J connectivity index is 2.03. The quantitative estimate of drug-likeness (QED) is 0.924. The first-order valence-corrected chi connectivity index (χ1v) is 8.57. The molecule has 0 bridgehead atoms. The second-order valence-corrected chi connectivity index (χ2v) is 7.78. The molecule has 1 aliphatic heterocycles. The maximum Gasteiger partial charge on any atom is 0.416 e. The van der Waals surface area contributed by atoms with Gasteiger partial charge in [0.25, 0.3) is 0 Å². The van der Waals surface area contributed by atoms with Crippen LogP contribution in [0.25, 0.3) is 0 Å². The van der Waals surface area contributed by atoms with Gasteiger partial charge in [0.05, 0.1) is 17.1 Å². The monoisotopic (exact) mass is 335 g/mol. The summed E-state index contributed by atoms with van der Waals surface area (Å²) in [6.45, 7) is 1.35. The van der Waals surface area contributed by atoms with Gasteiger partial charge in [0.1, 0.15) is 0 Å². The Kier molecular flexibility index (Phi) is 4.51. The first-order valence-electron chi connectivity index (χ1n) is 6.75. The van der Waals surface area contributed by atoms with Crippen LogP contribution in [0.1, 0.15) is 24.0 Å². The van der Waals surface area contributed by atoms with Crippen molar-refractivity contribution < 1.29 is 26.4 Å². The second kappa shape index (κ2) is 5.91. The van der Waals surface area contributed by atoms with Crippen molar-refractivity contribution >= 4 is 21.4 Å². The summed E-state index contributed by atoms with van der Waals surface area (Å²) in [6, 6.07) is 3.57. The number of hydrogen-bond donors (Lipinski definition) is 1. The van der Waals surface area contributed by atoms with Gasteiger partial charge in [-0.2, -0.15) is 13.2 Å². The molecular weight excluding hydrogens is 319 g/mol. The standard InChI is InChI=1S/C14H16F3NO3S/c1-9-2-3-11(7-12(9)14(15,16)17)18-13(19)6-10-4-5-22(20,21)8-10/h2-3,7,10H,4-6,8H2,1H3,(H,18,19). The lowest BCUT2D eigenvalue weighted by molar-refractivity contribution is -0.138. The summed E-state index contributed by atoms with van der Waals surface area (Å²) in [6.07, 6.45) is -4.07. The fraction of sp³-hybridized carbons (Fsp3) is 0.500. The van der Waals surface area contributed by atoms with E-state index in [1.807, 2.05) is 0 Å². The smallest absolute Gasteiger partial charge is 0.326 e. The van der Waals surface area contributed by atoms with E-state index >= 15 is 0 Å². The van der Waals surface area contributed by atoms with E-state index in [2.05, 4.69) is 5.32 Å². The van der Waals surface area contributed by atoms with Gasteiger partial charge in [-0.25, -0.2) is 8.42 Å². The van der Waals surface area contributed by atoms with Crippen LogP contribution in [0.3, 0.4) is 0 Å². The minimum Gasteiger partial charge on any atom is -0.326 e. The molecule has 1 N–H and O–H groups in total. The molecule has 4 nitrogen and oxygen atoms in total. The van der Waals surface area contributed by atoms with Gasteiger partial charge in [-0.1, -0.05) is 6.07 Å². The molecule has 1 amide bonds. The Hall–Kier alpha value is -1.57. The van der Waals surface area contributed by atoms with Crippen LogP contribution in [0.2, 0.25) is 0 Å². The van der Waals surface area contributed by atoms with Crippen molar-refractivity contribution in [2.24, 2.45) is 5.92 Å². The normalized spacial score (nSPS) is 20.8. The largest absolute Gasteiger partial charge is 0.416 e. The molecule has 1 heterocycles. The van der Waals surface area contributed by atoms with Gasteiger partial charge in [-0.3, -0.25) is 4.79 Å². The zero-order valence-electron chi connectivity index (χ0n) is 11.9. The number of halogens is 3. The predicted octanol–water partition coefficient (Wildman–Crippen LogP) is 2.78. The van der Waals surface area contributed by atoms with Crippen LogP contribution >= 0.6 is 0 Å². The van der Waals surface area contributed by atoms with Crippen molar-refractivity contribution in [1.29, 1.82) is 0 Å². The van der Waals surface area contributed by atoms with Crippen LogP contribution in [-0.2, 0) is 20.8 Å². The minimum absolute atomic E-state index is 0.00550. The van der Waals surface area contributed by atoms with Crippen LogP contribution in [0, 0.1) is 12.8 Å². The number of carbonyl (C=O) groups is 1. The molecule has 1 saturated heterocycles. The number of sulfone groups is 1. The second-order valence-electron chi connectivity index (χ2n) is 5.55. The highest BCUT2D eigenvalue weighted by molar-refractivity contribution is 7.91. The van der Waals surface area contributed by atoms with E-state index in [4.69, 9.17) is 0 Å². The van der Waals surface area contributed by atoms with Crippen LogP contribution in [0.4, 0.5) is 18.9 Å². The molecule has 2 rings (SSSR count). The molecular formula is C14H16F3NO3S. The molecule has 0 saturated carbocycles. The molecule has 0 aliphatic carbocycles. The Bertz CT molecular complexity index is 683. The molecule has 1 atom stereocenters. The number of carbonyl (C=O) groups excluding carboxylic acids is 1. The van der Waals surface area contributed by atoms with Gasteiger partial charge in [-0.05, 0) is 37.0 Å². The first-order chi connectivity index (χ1) is 10.1. The van der Waals surface area contributed by atoms with E-state index < -0.39 is 27.5 Å². The maximum atomic E-state index is 12.8. The molecule has 122 valence electrons. The lowest BCUT2D eigenvalue weighted by atomic mass is 10.0. The van der Waals surface area contributed by atoms with Crippen LogP contribution in [0.15, 0.2) is 18.2 Å². The summed E-state index contributed by atoms with van der Waals surface area (Å²) in [4.78, 5) is 11.8. The number of benzene rings is 1. The number of anilines is 1. The van der Waals surface area contributed by atoms with E-state index in [9.17, 15) is 26.4 Å². The highest BCUT2D eigenvalue weighted by Gasteiger charge is 2.33. The van der Waals surface area contributed by atoms with Crippen LogP contribution in [-0.4, -0.2) is 25.8 Å². The number of aryl methyl sites for hydroxylation is 1. The zero-order valence-corrected chi connectivity index (χ0v) is 12.7. The van der Waals surface area contributed by atoms with Gasteiger partial charge in [0.2, 0.25) is 5.91 Å². The summed E-state index contributed by atoms with van der Waals surface area (Å²) in [5.74, 6) is -0.716. The van der Waals surface area contributed by atoms with E-state index in [-0.39, 0.29) is 35.1 Å². The number of alkyl halides is 3. The van der Waals surface area contributed by atoms with Gasteiger partial charge in [-0.15, -0.1) is 0 Å². The highest BCUT2D eigenvalue weighted by atomic mass is 32.2. The van der Waals surface area contributed by atoms with Crippen molar-refractivity contribution in [1.82, 2.24) is 0 Å². The van der Waals surface area contributed by atoms with Crippen molar-refractivity contribution in [2.75, 3.05) is 16.8 Å². The molecule has 1 unspecified atom stereocenters. The van der Waals surface area contributed by atoms with Gasteiger partial charge < -0.3 is 5.32 Å². The summed E-state index contributed by atoms with van der Waals surface area (Å²) in [7, 11) is -3.07. The third kappa shape index (κ3) is 4.22. The van der Waals surface area contributed by atoms with Gasteiger partial charge in [0.15, 0.2) is 9.84 Å². The number of hydrogen-bond acceptors (Lipinski definition) is 3. The third-order valence-corrected chi connectivity index (χ3v) is 5.46. The maximum absolute atomic E-state index is 12.8. The molecule has 22 heavy (non-hydrogen) atoms. The first kappa shape index (κ1) is 16.8. The van der Waals surface area contributed by atoms with E-state index in [1.165, 1.54) is 19.1 Å². The molecule has 1 fully saturated rings.